The van der Waals surface area contributed by atoms with Gasteiger partial charge in [-0.3, -0.25) is 4.79 Å². The molecule has 0 atom stereocenters. The average molecular weight is 288 g/mol. The summed E-state index contributed by atoms with van der Waals surface area (Å²) in [6.45, 7) is 0. The minimum Gasteiger partial charge on any atom is -0.497 e. The number of pyridine rings is 1. The largest absolute Gasteiger partial charge is 0.497 e. The molecule has 0 saturated carbocycles. The molecule has 0 aliphatic rings. The zero-order chi connectivity index (χ0) is 15.2. The van der Waals surface area contributed by atoms with Crippen LogP contribution in [0.4, 0.5) is 5.69 Å². The minimum absolute atomic E-state index is 0.279. The SMILES string of the molecule is COc1ccc(NC(=O)c2ccnc(OC)c2)c(OC)c1. The quantitative estimate of drug-likeness (QED) is 0.914. The highest BCUT2D eigenvalue weighted by molar-refractivity contribution is 6.05. The van der Waals surface area contributed by atoms with E-state index in [1.54, 1.807) is 37.4 Å². The Morgan fingerprint density at radius 1 is 1.05 bits per heavy atom. The summed E-state index contributed by atoms with van der Waals surface area (Å²) in [5.74, 6) is 1.27. The summed E-state index contributed by atoms with van der Waals surface area (Å²) in [4.78, 5) is 16.2. The standard InChI is InChI=1S/C15H16N2O4/c1-19-11-4-5-12(13(9-11)20-2)17-15(18)10-6-7-16-14(8-10)21-3/h4-9H,1-3H3,(H,17,18). The smallest absolute Gasteiger partial charge is 0.256 e. The average Bonchev–Trinajstić information content (AvgIpc) is 2.55. The van der Waals surface area contributed by atoms with Gasteiger partial charge < -0.3 is 19.5 Å². The van der Waals surface area contributed by atoms with Gasteiger partial charge in [0.15, 0.2) is 0 Å². The first-order chi connectivity index (χ1) is 10.2. The number of nitrogens with zero attached hydrogens (tertiary/aromatic N) is 1. The van der Waals surface area contributed by atoms with Crippen LogP contribution in [-0.2, 0) is 0 Å². The number of amides is 1. The Morgan fingerprint density at radius 3 is 2.52 bits per heavy atom. The van der Waals surface area contributed by atoms with Crippen molar-refractivity contribution in [3.05, 3.63) is 42.1 Å². The molecule has 0 aliphatic heterocycles. The van der Waals surface area contributed by atoms with Gasteiger partial charge in [0.1, 0.15) is 11.5 Å². The van der Waals surface area contributed by atoms with Gasteiger partial charge >= 0.3 is 0 Å². The normalized spacial score (nSPS) is 9.86. The molecular weight excluding hydrogens is 272 g/mol. The van der Waals surface area contributed by atoms with Gasteiger partial charge in [0.25, 0.3) is 5.91 Å². The molecule has 0 aliphatic carbocycles. The molecule has 0 fully saturated rings. The summed E-state index contributed by atoms with van der Waals surface area (Å²) in [5.41, 5.74) is 0.999. The van der Waals surface area contributed by atoms with Crippen molar-refractivity contribution in [2.24, 2.45) is 0 Å². The summed E-state index contributed by atoms with van der Waals surface area (Å²) < 4.78 is 15.3. The monoisotopic (exact) mass is 288 g/mol. The number of hydrogen-bond donors (Lipinski definition) is 1. The molecule has 6 heteroatoms. The number of carbonyl (C=O) groups is 1. The van der Waals surface area contributed by atoms with E-state index in [1.807, 2.05) is 0 Å². The second-order valence-corrected chi connectivity index (χ2v) is 4.11. The van der Waals surface area contributed by atoms with Crippen molar-refractivity contribution in [3.63, 3.8) is 0 Å². The van der Waals surface area contributed by atoms with Crippen molar-refractivity contribution in [1.29, 1.82) is 0 Å². The van der Waals surface area contributed by atoms with Gasteiger partial charge in [0, 0.05) is 23.9 Å². The fourth-order valence-corrected chi connectivity index (χ4v) is 1.76. The molecule has 1 heterocycles. The molecule has 1 aromatic carbocycles. The lowest BCUT2D eigenvalue weighted by Crippen LogP contribution is -2.13. The van der Waals surface area contributed by atoms with Gasteiger partial charge in [-0.25, -0.2) is 4.98 Å². The van der Waals surface area contributed by atoms with E-state index in [1.165, 1.54) is 20.4 Å². The maximum atomic E-state index is 12.2. The lowest BCUT2D eigenvalue weighted by Gasteiger charge is -2.11. The van der Waals surface area contributed by atoms with Crippen LogP contribution < -0.4 is 19.5 Å². The van der Waals surface area contributed by atoms with E-state index in [-0.39, 0.29) is 5.91 Å². The first-order valence-electron chi connectivity index (χ1n) is 6.21. The summed E-state index contributed by atoms with van der Waals surface area (Å²) in [6.07, 6.45) is 1.51. The van der Waals surface area contributed by atoms with Crippen molar-refractivity contribution < 1.29 is 19.0 Å². The highest BCUT2D eigenvalue weighted by atomic mass is 16.5. The zero-order valence-electron chi connectivity index (χ0n) is 12.0. The lowest BCUT2D eigenvalue weighted by atomic mass is 10.2. The number of benzene rings is 1. The molecule has 110 valence electrons. The molecule has 2 rings (SSSR count). The number of anilines is 1. The van der Waals surface area contributed by atoms with Gasteiger partial charge in [-0.2, -0.15) is 0 Å². The van der Waals surface area contributed by atoms with Crippen LogP contribution in [0, 0.1) is 0 Å². The topological polar surface area (TPSA) is 69.7 Å². The summed E-state index contributed by atoms with van der Waals surface area (Å²) in [6, 6.07) is 8.32. The van der Waals surface area contributed by atoms with Crippen LogP contribution in [0.15, 0.2) is 36.5 Å². The second kappa shape index (κ2) is 6.60. The van der Waals surface area contributed by atoms with Gasteiger partial charge in [0.05, 0.1) is 27.0 Å². The van der Waals surface area contributed by atoms with E-state index in [0.717, 1.165) is 0 Å². The fourth-order valence-electron chi connectivity index (χ4n) is 1.76. The third-order valence-corrected chi connectivity index (χ3v) is 2.86. The van der Waals surface area contributed by atoms with Crippen molar-refractivity contribution in [2.75, 3.05) is 26.6 Å². The van der Waals surface area contributed by atoms with E-state index in [4.69, 9.17) is 14.2 Å². The van der Waals surface area contributed by atoms with Crippen LogP contribution in [0.2, 0.25) is 0 Å². The predicted octanol–water partition coefficient (Wildman–Crippen LogP) is 2.36. The molecule has 0 bridgehead atoms. The number of methoxy groups -OCH3 is 3. The predicted molar refractivity (Wildman–Crippen MR) is 78.3 cm³/mol. The molecule has 0 radical (unpaired) electrons. The molecule has 1 N–H and O–H groups in total. The number of hydrogen-bond acceptors (Lipinski definition) is 5. The van der Waals surface area contributed by atoms with Crippen LogP contribution in [0.1, 0.15) is 10.4 Å². The number of carbonyl (C=O) groups excluding carboxylic acids is 1. The van der Waals surface area contributed by atoms with Gasteiger partial charge in [-0.15, -0.1) is 0 Å². The Bertz CT molecular complexity index is 643. The minimum atomic E-state index is -0.279. The van der Waals surface area contributed by atoms with E-state index < -0.39 is 0 Å². The second-order valence-electron chi connectivity index (χ2n) is 4.11. The van der Waals surface area contributed by atoms with Crippen LogP contribution in [0.25, 0.3) is 0 Å². The van der Waals surface area contributed by atoms with Crippen molar-refractivity contribution in [3.8, 4) is 17.4 Å². The fraction of sp³-hybridized carbons (Fsp3) is 0.200. The van der Waals surface area contributed by atoms with Gasteiger partial charge in [0.2, 0.25) is 5.88 Å². The Balaban J connectivity index is 2.22. The Labute approximate surface area is 122 Å². The third kappa shape index (κ3) is 3.42. The van der Waals surface area contributed by atoms with E-state index in [2.05, 4.69) is 10.3 Å². The molecule has 2 aromatic rings. The zero-order valence-corrected chi connectivity index (χ0v) is 12.0. The summed E-state index contributed by atoms with van der Waals surface area (Å²) in [7, 11) is 4.59. The Hall–Kier alpha value is -2.76. The molecule has 6 nitrogen and oxygen atoms in total. The molecule has 0 unspecified atom stereocenters. The van der Waals surface area contributed by atoms with E-state index >= 15 is 0 Å². The van der Waals surface area contributed by atoms with Gasteiger partial charge in [-0.1, -0.05) is 0 Å². The van der Waals surface area contributed by atoms with Crippen LogP contribution >= 0.6 is 0 Å². The van der Waals surface area contributed by atoms with Crippen LogP contribution in [-0.4, -0.2) is 32.2 Å². The van der Waals surface area contributed by atoms with Crippen molar-refractivity contribution >= 4 is 11.6 Å². The molecule has 0 spiro atoms. The number of rotatable bonds is 5. The van der Waals surface area contributed by atoms with Gasteiger partial charge in [-0.05, 0) is 18.2 Å². The summed E-state index contributed by atoms with van der Waals surface area (Å²) in [5, 5.41) is 2.78. The first kappa shape index (κ1) is 14.6. The maximum absolute atomic E-state index is 12.2. The number of ether oxygens (including phenoxy) is 3. The third-order valence-electron chi connectivity index (χ3n) is 2.86. The summed E-state index contributed by atoms with van der Waals surface area (Å²) >= 11 is 0. The Morgan fingerprint density at radius 2 is 1.86 bits per heavy atom. The van der Waals surface area contributed by atoms with Crippen molar-refractivity contribution in [1.82, 2.24) is 4.98 Å². The lowest BCUT2D eigenvalue weighted by molar-refractivity contribution is 0.102. The molecule has 1 aromatic heterocycles. The van der Waals surface area contributed by atoms with E-state index in [9.17, 15) is 4.79 Å². The highest BCUT2D eigenvalue weighted by Crippen LogP contribution is 2.29. The van der Waals surface area contributed by atoms with Crippen LogP contribution in [0.5, 0.6) is 17.4 Å². The van der Waals surface area contributed by atoms with Crippen LogP contribution in [0.3, 0.4) is 0 Å². The van der Waals surface area contributed by atoms with Crippen molar-refractivity contribution in [2.45, 2.75) is 0 Å². The molecule has 21 heavy (non-hydrogen) atoms. The number of aromatic nitrogens is 1. The highest BCUT2D eigenvalue weighted by Gasteiger charge is 2.11. The number of nitrogens with one attached hydrogen (secondary N) is 1. The molecular formula is C15H16N2O4. The molecule has 0 saturated heterocycles. The van der Waals surface area contributed by atoms with E-state index in [0.29, 0.717) is 28.6 Å². The molecule has 1 amide bonds. The Kier molecular flexibility index (Phi) is 4.61. The first-order valence-corrected chi connectivity index (χ1v) is 6.21. The maximum Gasteiger partial charge on any atom is 0.256 e.